The first-order chi connectivity index (χ1) is 7.07. The van der Waals surface area contributed by atoms with Crippen LogP contribution in [0.25, 0.3) is 0 Å². The minimum absolute atomic E-state index is 0.0400. The first-order valence-corrected chi connectivity index (χ1v) is 7.22. The first kappa shape index (κ1) is 12.7. The van der Waals surface area contributed by atoms with E-state index in [2.05, 4.69) is 0 Å². The third kappa shape index (κ3) is 3.04. The quantitative estimate of drug-likeness (QED) is 0.804. The molecule has 0 aromatic rings. The van der Waals surface area contributed by atoms with Gasteiger partial charge in [0.25, 0.3) is 0 Å². The van der Waals surface area contributed by atoms with Gasteiger partial charge in [0, 0.05) is 17.4 Å². The van der Waals surface area contributed by atoms with Crippen molar-refractivity contribution in [2.24, 2.45) is 5.92 Å². The van der Waals surface area contributed by atoms with Crippen molar-refractivity contribution in [1.82, 2.24) is 4.90 Å². The summed E-state index contributed by atoms with van der Waals surface area (Å²) in [4.78, 5) is 24.3. The smallest absolute Gasteiger partial charge is 0.327 e. The summed E-state index contributed by atoms with van der Waals surface area (Å²) in [6.07, 6.45) is 1.94. The van der Waals surface area contributed by atoms with Crippen molar-refractivity contribution in [2.75, 3.05) is 23.6 Å². The summed E-state index contributed by atoms with van der Waals surface area (Å²) in [7, 11) is 0. The highest BCUT2D eigenvalue weighted by molar-refractivity contribution is 7.99. The van der Waals surface area contributed by atoms with Crippen LogP contribution in [0.4, 0.5) is 0 Å². The van der Waals surface area contributed by atoms with Crippen LogP contribution in [0.2, 0.25) is 0 Å². The van der Waals surface area contributed by atoms with Gasteiger partial charge in [0.05, 0.1) is 5.88 Å². The van der Waals surface area contributed by atoms with Gasteiger partial charge in [0.1, 0.15) is 6.04 Å². The monoisotopic (exact) mass is 249 g/mol. The van der Waals surface area contributed by atoms with E-state index in [-0.39, 0.29) is 11.8 Å². The summed E-state index contributed by atoms with van der Waals surface area (Å²) in [6.45, 7) is 1.85. The molecule has 86 valence electrons. The van der Waals surface area contributed by atoms with Crippen molar-refractivity contribution in [3.05, 3.63) is 0 Å². The van der Waals surface area contributed by atoms with E-state index in [0.717, 1.165) is 5.75 Å². The third-order valence-electron chi connectivity index (χ3n) is 2.29. The molecule has 0 unspecified atom stereocenters. The average molecular weight is 249 g/mol. The molecular formula is C9H15NO3S2. The number of carboxylic acid groups (broad SMARTS) is 1. The fraction of sp³-hybridized carbons (Fsp3) is 0.778. The zero-order chi connectivity index (χ0) is 11.4. The molecule has 1 saturated heterocycles. The highest BCUT2D eigenvalue weighted by Gasteiger charge is 2.36. The zero-order valence-corrected chi connectivity index (χ0v) is 10.4. The first-order valence-electron chi connectivity index (χ1n) is 4.68. The lowest BCUT2D eigenvalue weighted by Crippen LogP contribution is -2.44. The molecule has 0 spiro atoms. The summed E-state index contributed by atoms with van der Waals surface area (Å²) < 4.78 is 0. The van der Waals surface area contributed by atoms with Gasteiger partial charge in [-0.3, -0.25) is 4.79 Å². The van der Waals surface area contributed by atoms with Gasteiger partial charge in [-0.15, -0.1) is 11.8 Å². The molecule has 0 aromatic heterocycles. The van der Waals surface area contributed by atoms with E-state index in [0.29, 0.717) is 11.6 Å². The van der Waals surface area contributed by atoms with Crippen molar-refractivity contribution in [2.45, 2.75) is 13.0 Å². The van der Waals surface area contributed by atoms with Crippen LogP contribution < -0.4 is 0 Å². The van der Waals surface area contributed by atoms with Gasteiger partial charge in [-0.1, -0.05) is 6.92 Å². The Kier molecular flexibility index (Phi) is 4.79. The number of thioether (sulfide) groups is 2. The summed E-state index contributed by atoms with van der Waals surface area (Å²) >= 11 is 3.10. The van der Waals surface area contributed by atoms with E-state index in [9.17, 15) is 9.59 Å². The molecule has 0 saturated carbocycles. The van der Waals surface area contributed by atoms with Crippen molar-refractivity contribution in [3.8, 4) is 0 Å². The predicted octanol–water partition coefficient (Wildman–Crippen LogP) is 0.972. The Bertz CT molecular complexity index is 260. The second-order valence-electron chi connectivity index (χ2n) is 3.52. The molecule has 0 aliphatic carbocycles. The maximum Gasteiger partial charge on any atom is 0.327 e. The van der Waals surface area contributed by atoms with E-state index in [1.165, 1.54) is 16.7 Å². The second kappa shape index (κ2) is 5.65. The molecule has 6 heteroatoms. The third-order valence-corrected chi connectivity index (χ3v) is 4.13. The summed E-state index contributed by atoms with van der Waals surface area (Å²) in [5.74, 6) is 0.723. The lowest BCUT2D eigenvalue weighted by molar-refractivity contribution is -0.148. The van der Waals surface area contributed by atoms with Gasteiger partial charge in [0.15, 0.2) is 0 Å². The minimum atomic E-state index is -0.898. The van der Waals surface area contributed by atoms with E-state index in [4.69, 9.17) is 5.11 Å². The van der Waals surface area contributed by atoms with E-state index in [1.807, 2.05) is 13.2 Å². The number of amides is 1. The fourth-order valence-corrected chi connectivity index (χ4v) is 3.27. The number of aliphatic carboxylic acids is 1. The maximum absolute atomic E-state index is 11.9. The predicted molar refractivity (Wildman–Crippen MR) is 63.1 cm³/mol. The van der Waals surface area contributed by atoms with Crippen LogP contribution in [-0.2, 0) is 9.59 Å². The van der Waals surface area contributed by atoms with Gasteiger partial charge < -0.3 is 10.0 Å². The Morgan fingerprint density at radius 1 is 1.67 bits per heavy atom. The molecule has 1 heterocycles. The Balaban J connectivity index is 2.62. The number of hydrogen-bond acceptors (Lipinski definition) is 4. The molecule has 2 atom stereocenters. The van der Waals surface area contributed by atoms with Crippen LogP contribution in [-0.4, -0.2) is 51.6 Å². The van der Waals surface area contributed by atoms with Crippen LogP contribution in [0.1, 0.15) is 6.92 Å². The lowest BCUT2D eigenvalue weighted by atomic mass is 10.1. The molecule has 1 aliphatic rings. The number of carbonyl (C=O) groups is 2. The van der Waals surface area contributed by atoms with Gasteiger partial charge in [-0.2, -0.15) is 11.8 Å². The molecular weight excluding hydrogens is 234 g/mol. The summed E-state index contributed by atoms with van der Waals surface area (Å²) in [5, 5.41) is 8.93. The van der Waals surface area contributed by atoms with Crippen molar-refractivity contribution < 1.29 is 14.7 Å². The second-order valence-corrected chi connectivity index (χ2v) is 5.43. The molecule has 1 rings (SSSR count). The van der Waals surface area contributed by atoms with Gasteiger partial charge in [0.2, 0.25) is 5.91 Å². The van der Waals surface area contributed by atoms with Crippen molar-refractivity contribution in [1.29, 1.82) is 0 Å². The Labute approximate surface area is 97.8 Å². The zero-order valence-electron chi connectivity index (χ0n) is 8.80. The molecule has 1 aliphatic heterocycles. The van der Waals surface area contributed by atoms with Crippen LogP contribution in [0.5, 0.6) is 0 Å². The molecule has 4 nitrogen and oxygen atoms in total. The number of carboxylic acids is 1. The average Bonchev–Trinajstić information content (AvgIpc) is 2.65. The molecule has 15 heavy (non-hydrogen) atoms. The molecule has 1 fully saturated rings. The molecule has 1 N–H and O–H groups in total. The summed E-state index contributed by atoms with van der Waals surface area (Å²) in [5.41, 5.74) is 0. The topological polar surface area (TPSA) is 57.6 Å². The van der Waals surface area contributed by atoms with Crippen LogP contribution in [0, 0.1) is 5.92 Å². The molecule has 0 radical (unpaired) electrons. The number of carbonyl (C=O) groups excluding carboxylic acids is 1. The van der Waals surface area contributed by atoms with Gasteiger partial charge in [-0.25, -0.2) is 4.79 Å². The Morgan fingerprint density at radius 2 is 2.33 bits per heavy atom. The van der Waals surface area contributed by atoms with E-state index >= 15 is 0 Å². The Morgan fingerprint density at radius 3 is 2.87 bits per heavy atom. The van der Waals surface area contributed by atoms with E-state index < -0.39 is 12.0 Å². The largest absolute Gasteiger partial charge is 0.480 e. The maximum atomic E-state index is 11.9. The number of rotatable bonds is 4. The van der Waals surface area contributed by atoms with Gasteiger partial charge >= 0.3 is 5.97 Å². The molecule has 0 aromatic carbocycles. The molecule has 0 bridgehead atoms. The SMILES string of the molecule is CSC[C@@H](C)C(=O)N1CSC[C@H]1C(=O)O. The Hall–Kier alpha value is -0.360. The summed E-state index contributed by atoms with van der Waals surface area (Å²) in [6, 6.07) is -0.633. The highest BCUT2D eigenvalue weighted by atomic mass is 32.2. The molecule has 1 amide bonds. The normalized spacial score (nSPS) is 22.8. The van der Waals surface area contributed by atoms with Crippen LogP contribution in [0.15, 0.2) is 0 Å². The fourth-order valence-electron chi connectivity index (χ4n) is 1.47. The standard InChI is InChI=1S/C9H15NO3S2/c1-6(3-14-2)8(11)10-5-15-4-7(10)9(12)13/h6-7H,3-5H2,1-2H3,(H,12,13)/t6-,7+/m1/s1. The van der Waals surface area contributed by atoms with Gasteiger partial charge in [-0.05, 0) is 6.26 Å². The van der Waals surface area contributed by atoms with Crippen molar-refractivity contribution >= 4 is 35.4 Å². The highest BCUT2D eigenvalue weighted by Crippen LogP contribution is 2.23. The van der Waals surface area contributed by atoms with Crippen LogP contribution in [0.3, 0.4) is 0 Å². The van der Waals surface area contributed by atoms with E-state index in [1.54, 1.807) is 11.8 Å². The minimum Gasteiger partial charge on any atom is -0.480 e. The number of hydrogen-bond donors (Lipinski definition) is 1. The number of nitrogens with zero attached hydrogens (tertiary/aromatic N) is 1. The van der Waals surface area contributed by atoms with Crippen LogP contribution >= 0.6 is 23.5 Å². The lowest BCUT2D eigenvalue weighted by Gasteiger charge is -2.23. The van der Waals surface area contributed by atoms with Crippen molar-refractivity contribution in [3.63, 3.8) is 0 Å².